The molecule has 35 heavy (non-hydrogen) atoms. The molecule has 0 bridgehead atoms. The van der Waals surface area contributed by atoms with Crippen LogP contribution in [0.25, 0.3) is 52.8 Å². The van der Waals surface area contributed by atoms with E-state index in [9.17, 15) is 0 Å². The van der Waals surface area contributed by atoms with E-state index in [4.69, 9.17) is 0 Å². The Morgan fingerprint density at radius 1 is 0.543 bits per heavy atom. The predicted octanol–water partition coefficient (Wildman–Crippen LogP) is 9.75. The van der Waals surface area contributed by atoms with Gasteiger partial charge in [0.1, 0.15) is 0 Å². The van der Waals surface area contributed by atoms with E-state index in [1.54, 1.807) is 0 Å². The number of thiophene rings is 1. The lowest BCUT2D eigenvalue weighted by atomic mass is 10.00. The maximum atomic E-state index is 3.75. The molecule has 164 valence electrons. The molecule has 0 spiro atoms. The number of benzene rings is 6. The minimum Gasteiger partial charge on any atom is -0.353 e. The number of H-pyrrole nitrogens is 1. The molecule has 8 rings (SSSR count). The van der Waals surface area contributed by atoms with Crippen molar-refractivity contribution in [2.75, 3.05) is 4.90 Å². The smallest absolute Gasteiger partial charge is 0.0652 e. The van der Waals surface area contributed by atoms with E-state index in [-0.39, 0.29) is 0 Å². The fourth-order valence-electron chi connectivity index (χ4n) is 5.59. The molecule has 2 nitrogen and oxygen atoms in total. The first kappa shape index (κ1) is 19.0. The fraction of sp³-hybridized carbons (Fsp3) is 0. The highest BCUT2D eigenvalue weighted by molar-refractivity contribution is 7.26. The molecule has 3 heteroatoms. The third kappa shape index (κ3) is 2.70. The highest BCUT2D eigenvalue weighted by atomic mass is 32.1. The Hall–Kier alpha value is -4.34. The minimum atomic E-state index is 1.16. The summed E-state index contributed by atoms with van der Waals surface area (Å²) in [6, 6.07) is 41.5. The van der Waals surface area contributed by atoms with Crippen LogP contribution in [0, 0.1) is 0 Å². The Balaban J connectivity index is 1.41. The highest BCUT2D eigenvalue weighted by Crippen LogP contribution is 2.45. The van der Waals surface area contributed by atoms with Crippen LogP contribution in [0.4, 0.5) is 17.1 Å². The molecular weight excluding hydrogens is 444 g/mol. The second-order valence-corrected chi connectivity index (χ2v) is 10.2. The molecule has 2 aromatic heterocycles. The largest absolute Gasteiger partial charge is 0.353 e. The zero-order valence-corrected chi connectivity index (χ0v) is 19.6. The summed E-state index contributed by atoms with van der Waals surface area (Å²) < 4.78 is 2.63. The minimum absolute atomic E-state index is 1.16. The van der Waals surface area contributed by atoms with Crippen LogP contribution < -0.4 is 4.90 Å². The first-order valence-corrected chi connectivity index (χ1v) is 12.7. The Bertz CT molecular complexity index is 1960. The van der Waals surface area contributed by atoms with Crippen molar-refractivity contribution in [3.8, 4) is 0 Å². The Morgan fingerprint density at radius 2 is 1.29 bits per heavy atom. The first-order chi connectivity index (χ1) is 17.3. The van der Waals surface area contributed by atoms with Crippen LogP contribution in [0.1, 0.15) is 0 Å². The fourth-order valence-corrected chi connectivity index (χ4v) is 6.81. The monoisotopic (exact) mass is 464 g/mol. The standard InChI is InChI=1S/C32H20N2S/c1-3-9-22(10-4-1)34(23-11-5-2-6-12-23)24-16-17-25-26-18-21-15-14-20-8-7-13-27-29(20)30(21)31(33-27)32(26)35-28(25)19-24/h1-19,33H. The molecule has 8 aromatic rings. The van der Waals surface area contributed by atoms with Gasteiger partial charge in [0.2, 0.25) is 0 Å². The number of hydrogen-bond acceptors (Lipinski definition) is 2. The quantitative estimate of drug-likeness (QED) is 0.258. The van der Waals surface area contributed by atoms with E-state index in [0.29, 0.717) is 0 Å². The molecule has 0 unspecified atom stereocenters. The zero-order valence-electron chi connectivity index (χ0n) is 18.8. The summed E-state index contributed by atoms with van der Waals surface area (Å²) in [6.07, 6.45) is 0. The van der Waals surface area contributed by atoms with Crippen LogP contribution in [0.15, 0.2) is 115 Å². The van der Waals surface area contributed by atoms with Gasteiger partial charge in [0.05, 0.1) is 10.2 Å². The van der Waals surface area contributed by atoms with Crippen molar-refractivity contribution in [2.45, 2.75) is 0 Å². The zero-order chi connectivity index (χ0) is 22.9. The second-order valence-electron chi connectivity index (χ2n) is 9.11. The molecular formula is C32H20N2S. The Morgan fingerprint density at radius 3 is 2.06 bits per heavy atom. The highest BCUT2D eigenvalue weighted by Gasteiger charge is 2.18. The van der Waals surface area contributed by atoms with E-state index in [1.165, 1.54) is 58.4 Å². The average molecular weight is 465 g/mol. The Labute approximate surface area is 206 Å². The second kappa shape index (κ2) is 7.08. The summed E-state index contributed by atoms with van der Waals surface area (Å²) in [5, 5.41) is 7.93. The molecule has 6 aromatic carbocycles. The van der Waals surface area contributed by atoms with Gasteiger partial charge >= 0.3 is 0 Å². The van der Waals surface area contributed by atoms with E-state index >= 15 is 0 Å². The van der Waals surface area contributed by atoms with Gasteiger partial charge in [0, 0.05) is 48.8 Å². The van der Waals surface area contributed by atoms with Crippen LogP contribution >= 0.6 is 11.3 Å². The Kier molecular flexibility index (Phi) is 3.85. The van der Waals surface area contributed by atoms with Gasteiger partial charge in [-0.2, -0.15) is 0 Å². The summed E-state index contributed by atoms with van der Waals surface area (Å²) in [4.78, 5) is 6.08. The van der Waals surface area contributed by atoms with Gasteiger partial charge in [-0.1, -0.05) is 66.7 Å². The number of fused-ring (bicyclic) bond motifs is 4. The summed E-state index contributed by atoms with van der Waals surface area (Å²) in [6.45, 7) is 0. The summed E-state index contributed by atoms with van der Waals surface area (Å²) in [5.41, 5.74) is 5.95. The number of hydrogen-bond donors (Lipinski definition) is 1. The average Bonchev–Trinajstić information content (AvgIpc) is 3.48. The molecule has 0 saturated carbocycles. The van der Waals surface area contributed by atoms with Crippen LogP contribution in [-0.2, 0) is 0 Å². The van der Waals surface area contributed by atoms with Gasteiger partial charge in [-0.3, -0.25) is 0 Å². The third-order valence-corrected chi connectivity index (χ3v) is 8.30. The van der Waals surface area contributed by atoms with E-state index < -0.39 is 0 Å². The predicted molar refractivity (Wildman–Crippen MR) is 152 cm³/mol. The molecule has 1 N–H and O–H groups in total. The SMILES string of the molecule is c1ccc(N(c2ccccc2)c2ccc3c(c2)sc2c3cc3ccc4cccc5[nH]c2c3c45)cc1. The van der Waals surface area contributed by atoms with Crippen LogP contribution in [0.5, 0.6) is 0 Å². The lowest BCUT2D eigenvalue weighted by Gasteiger charge is -2.25. The molecule has 0 saturated heterocycles. The van der Waals surface area contributed by atoms with Gasteiger partial charge in [0.15, 0.2) is 0 Å². The molecule has 0 radical (unpaired) electrons. The van der Waals surface area contributed by atoms with Gasteiger partial charge in [0.25, 0.3) is 0 Å². The number of nitrogens with zero attached hydrogens (tertiary/aromatic N) is 1. The van der Waals surface area contributed by atoms with Gasteiger partial charge in [-0.15, -0.1) is 11.3 Å². The van der Waals surface area contributed by atoms with Crippen LogP contribution in [0.3, 0.4) is 0 Å². The topological polar surface area (TPSA) is 19.0 Å². The molecule has 0 atom stereocenters. The maximum absolute atomic E-state index is 3.75. The number of aromatic amines is 1. The van der Waals surface area contributed by atoms with Crippen molar-refractivity contribution >= 4 is 81.1 Å². The lowest BCUT2D eigenvalue weighted by molar-refractivity contribution is 1.29. The van der Waals surface area contributed by atoms with Crippen molar-refractivity contribution in [2.24, 2.45) is 0 Å². The maximum Gasteiger partial charge on any atom is 0.0652 e. The van der Waals surface area contributed by atoms with Crippen LogP contribution in [-0.4, -0.2) is 4.98 Å². The van der Waals surface area contributed by atoms with E-state index in [1.807, 2.05) is 11.3 Å². The normalized spacial score (nSPS) is 12.0. The number of nitrogens with one attached hydrogen (secondary N) is 1. The number of aromatic nitrogens is 1. The lowest BCUT2D eigenvalue weighted by Crippen LogP contribution is -2.09. The van der Waals surface area contributed by atoms with Gasteiger partial charge in [-0.25, -0.2) is 0 Å². The van der Waals surface area contributed by atoms with Crippen molar-refractivity contribution in [3.63, 3.8) is 0 Å². The van der Waals surface area contributed by atoms with Crippen molar-refractivity contribution < 1.29 is 0 Å². The summed E-state index contributed by atoms with van der Waals surface area (Å²) >= 11 is 1.88. The molecule has 0 fully saturated rings. The van der Waals surface area contributed by atoms with E-state index in [2.05, 4.69) is 125 Å². The third-order valence-electron chi connectivity index (χ3n) is 7.11. The summed E-state index contributed by atoms with van der Waals surface area (Å²) in [7, 11) is 0. The first-order valence-electron chi connectivity index (χ1n) is 11.9. The molecule has 0 aliphatic rings. The summed E-state index contributed by atoms with van der Waals surface area (Å²) in [5.74, 6) is 0. The molecule has 0 aliphatic carbocycles. The molecule has 0 amide bonds. The van der Waals surface area contributed by atoms with Gasteiger partial charge in [-0.05, 0) is 59.3 Å². The van der Waals surface area contributed by atoms with Gasteiger partial charge < -0.3 is 9.88 Å². The van der Waals surface area contributed by atoms with Crippen LogP contribution in [0.2, 0.25) is 0 Å². The van der Waals surface area contributed by atoms with E-state index in [0.717, 1.165) is 11.4 Å². The number of rotatable bonds is 3. The van der Waals surface area contributed by atoms with Crippen molar-refractivity contribution in [1.29, 1.82) is 0 Å². The molecule has 0 aliphatic heterocycles. The number of para-hydroxylation sites is 2. The molecule has 2 heterocycles. The number of anilines is 3. The van der Waals surface area contributed by atoms with Crippen molar-refractivity contribution in [3.05, 3.63) is 115 Å². The van der Waals surface area contributed by atoms with Crippen molar-refractivity contribution in [1.82, 2.24) is 4.98 Å².